The molecule has 1 aliphatic carbocycles. The maximum Gasteiger partial charge on any atom is 0.229 e. The van der Waals surface area contributed by atoms with Gasteiger partial charge in [0, 0.05) is 23.3 Å². The third kappa shape index (κ3) is 4.54. The zero-order valence-corrected chi connectivity index (χ0v) is 15.8. The molecule has 1 aromatic heterocycles. The fourth-order valence-electron chi connectivity index (χ4n) is 3.76. The minimum absolute atomic E-state index is 0.161. The van der Waals surface area contributed by atoms with Crippen LogP contribution in [0.25, 0.3) is 0 Å². The standard InChI is InChI=1S/C20H26N4S/c1-15-13-16(2)23-18(22-15)24-19(25)21-14-20(11-7-4-8-12-20)17-9-5-3-6-10-17/h3,5-6,9-10,13H,4,7-8,11-12,14H2,1-2H3,(H2,21,22,23,24,25). The van der Waals surface area contributed by atoms with E-state index in [0.717, 1.165) is 17.9 Å². The Morgan fingerprint density at radius 2 is 1.68 bits per heavy atom. The molecule has 0 amide bonds. The minimum Gasteiger partial charge on any atom is -0.361 e. The monoisotopic (exact) mass is 354 g/mol. The Hall–Kier alpha value is -2.01. The molecule has 0 atom stereocenters. The predicted molar refractivity (Wildman–Crippen MR) is 107 cm³/mol. The Morgan fingerprint density at radius 1 is 1.04 bits per heavy atom. The number of rotatable bonds is 4. The van der Waals surface area contributed by atoms with E-state index in [1.807, 2.05) is 19.9 Å². The van der Waals surface area contributed by atoms with Crippen LogP contribution in [0, 0.1) is 13.8 Å². The average molecular weight is 355 g/mol. The molecule has 5 heteroatoms. The average Bonchev–Trinajstić information content (AvgIpc) is 2.61. The number of benzene rings is 1. The van der Waals surface area contributed by atoms with E-state index < -0.39 is 0 Å². The lowest BCUT2D eigenvalue weighted by Crippen LogP contribution is -2.43. The first-order valence-corrected chi connectivity index (χ1v) is 9.41. The molecule has 4 nitrogen and oxygen atoms in total. The number of thiocarbonyl (C=S) groups is 1. The first-order chi connectivity index (χ1) is 12.1. The summed E-state index contributed by atoms with van der Waals surface area (Å²) in [6.07, 6.45) is 6.28. The first kappa shape index (κ1) is 17.8. The summed E-state index contributed by atoms with van der Waals surface area (Å²) in [5, 5.41) is 7.14. The number of nitrogens with zero attached hydrogens (tertiary/aromatic N) is 2. The molecular formula is C20H26N4S. The van der Waals surface area contributed by atoms with Crippen LogP contribution in [0.5, 0.6) is 0 Å². The molecule has 3 rings (SSSR count). The van der Waals surface area contributed by atoms with E-state index in [0.29, 0.717) is 11.1 Å². The molecule has 1 fully saturated rings. The summed E-state index contributed by atoms with van der Waals surface area (Å²) in [5.74, 6) is 0.562. The molecule has 1 heterocycles. The van der Waals surface area contributed by atoms with Crippen LogP contribution in [0.1, 0.15) is 49.1 Å². The normalized spacial score (nSPS) is 16.2. The second-order valence-electron chi connectivity index (χ2n) is 6.99. The molecule has 0 saturated heterocycles. The largest absolute Gasteiger partial charge is 0.361 e. The molecule has 0 radical (unpaired) electrons. The molecule has 0 spiro atoms. The van der Waals surface area contributed by atoms with Crippen molar-refractivity contribution in [2.24, 2.45) is 0 Å². The van der Waals surface area contributed by atoms with Gasteiger partial charge in [0.15, 0.2) is 5.11 Å². The molecule has 0 unspecified atom stereocenters. The highest BCUT2D eigenvalue weighted by atomic mass is 32.1. The van der Waals surface area contributed by atoms with Crippen molar-refractivity contribution in [3.8, 4) is 0 Å². The first-order valence-electron chi connectivity index (χ1n) is 9.00. The van der Waals surface area contributed by atoms with Gasteiger partial charge >= 0.3 is 0 Å². The predicted octanol–water partition coefficient (Wildman–Crippen LogP) is 4.28. The number of aryl methyl sites for hydroxylation is 2. The molecule has 2 N–H and O–H groups in total. The third-order valence-electron chi connectivity index (χ3n) is 4.99. The summed E-state index contributed by atoms with van der Waals surface area (Å²) in [6.45, 7) is 4.76. The van der Waals surface area contributed by atoms with Gasteiger partial charge in [0.05, 0.1) is 0 Å². The second-order valence-corrected chi connectivity index (χ2v) is 7.40. The van der Waals surface area contributed by atoms with E-state index in [2.05, 4.69) is 50.9 Å². The van der Waals surface area contributed by atoms with E-state index >= 15 is 0 Å². The molecule has 25 heavy (non-hydrogen) atoms. The van der Waals surface area contributed by atoms with Gasteiger partial charge in [-0.1, -0.05) is 49.6 Å². The van der Waals surface area contributed by atoms with Crippen LogP contribution in [-0.4, -0.2) is 21.6 Å². The second kappa shape index (κ2) is 7.91. The van der Waals surface area contributed by atoms with Gasteiger partial charge in [-0.3, -0.25) is 0 Å². The van der Waals surface area contributed by atoms with E-state index in [9.17, 15) is 0 Å². The van der Waals surface area contributed by atoms with E-state index in [1.54, 1.807) is 0 Å². The quantitative estimate of drug-likeness (QED) is 0.803. The molecule has 2 aromatic rings. The third-order valence-corrected chi connectivity index (χ3v) is 5.24. The number of hydrogen-bond donors (Lipinski definition) is 2. The smallest absolute Gasteiger partial charge is 0.229 e. The van der Waals surface area contributed by atoms with Crippen LogP contribution in [0.15, 0.2) is 36.4 Å². The summed E-state index contributed by atoms with van der Waals surface area (Å²) in [7, 11) is 0. The summed E-state index contributed by atoms with van der Waals surface area (Å²) < 4.78 is 0. The van der Waals surface area contributed by atoms with E-state index in [-0.39, 0.29) is 5.41 Å². The van der Waals surface area contributed by atoms with Crippen LogP contribution in [0.3, 0.4) is 0 Å². The lowest BCUT2D eigenvalue weighted by Gasteiger charge is -2.38. The topological polar surface area (TPSA) is 49.8 Å². The fraction of sp³-hybridized carbons (Fsp3) is 0.450. The van der Waals surface area contributed by atoms with Crippen molar-refractivity contribution in [3.63, 3.8) is 0 Å². The van der Waals surface area contributed by atoms with Crippen molar-refractivity contribution >= 4 is 23.3 Å². The van der Waals surface area contributed by atoms with Crippen molar-refractivity contribution in [2.45, 2.75) is 51.4 Å². The Morgan fingerprint density at radius 3 is 2.32 bits per heavy atom. The van der Waals surface area contributed by atoms with Gasteiger partial charge in [-0.2, -0.15) is 0 Å². The van der Waals surface area contributed by atoms with Gasteiger partial charge < -0.3 is 10.6 Å². The lowest BCUT2D eigenvalue weighted by molar-refractivity contribution is 0.292. The van der Waals surface area contributed by atoms with Crippen LogP contribution in [0.4, 0.5) is 5.95 Å². The highest BCUT2D eigenvalue weighted by Crippen LogP contribution is 2.38. The molecule has 0 bridgehead atoms. The number of nitrogens with one attached hydrogen (secondary N) is 2. The zero-order chi connectivity index (χ0) is 17.7. The van der Waals surface area contributed by atoms with Gasteiger partial charge in [0.2, 0.25) is 5.95 Å². The molecule has 1 aliphatic rings. The molecule has 1 aromatic carbocycles. The van der Waals surface area contributed by atoms with Crippen LogP contribution < -0.4 is 10.6 Å². The highest BCUT2D eigenvalue weighted by Gasteiger charge is 2.33. The van der Waals surface area contributed by atoms with Gasteiger partial charge in [-0.15, -0.1) is 0 Å². The number of hydrogen-bond acceptors (Lipinski definition) is 3. The SMILES string of the molecule is Cc1cc(C)nc(NC(=S)NCC2(c3ccccc3)CCCCC2)n1. The van der Waals surface area contributed by atoms with Crippen molar-refractivity contribution < 1.29 is 0 Å². The Bertz CT molecular complexity index is 703. The maximum absolute atomic E-state index is 5.49. The molecule has 132 valence electrons. The summed E-state index contributed by atoms with van der Waals surface area (Å²) in [6, 6.07) is 12.8. The zero-order valence-electron chi connectivity index (χ0n) is 15.0. The maximum atomic E-state index is 5.49. The Labute approximate surface area is 155 Å². The van der Waals surface area contributed by atoms with Crippen LogP contribution >= 0.6 is 12.2 Å². The summed E-state index contributed by atoms with van der Waals surface area (Å²) in [4.78, 5) is 8.79. The summed E-state index contributed by atoms with van der Waals surface area (Å²) in [5.41, 5.74) is 3.44. The van der Waals surface area contributed by atoms with Crippen molar-refractivity contribution in [1.82, 2.24) is 15.3 Å². The van der Waals surface area contributed by atoms with Crippen molar-refractivity contribution in [3.05, 3.63) is 53.3 Å². The van der Waals surface area contributed by atoms with E-state index in [1.165, 1.54) is 37.7 Å². The van der Waals surface area contributed by atoms with E-state index in [4.69, 9.17) is 12.2 Å². The van der Waals surface area contributed by atoms with Gasteiger partial charge in [0.1, 0.15) is 0 Å². The van der Waals surface area contributed by atoms with Crippen LogP contribution in [0.2, 0.25) is 0 Å². The van der Waals surface area contributed by atoms with Gasteiger partial charge in [-0.25, -0.2) is 9.97 Å². The Kier molecular flexibility index (Phi) is 5.63. The van der Waals surface area contributed by atoms with Crippen LogP contribution in [-0.2, 0) is 5.41 Å². The fourth-order valence-corrected chi connectivity index (χ4v) is 3.93. The minimum atomic E-state index is 0.161. The molecule has 0 aliphatic heterocycles. The lowest BCUT2D eigenvalue weighted by atomic mass is 9.69. The van der Waals surface area contributed by atoms with Gasteiger partial charge in [0.25, 0.3) is 0 Å². The molecular weight excluding hydrogens is 328 g/mol. The summed E-state index contributed by atoms with van der Waals surface area (Å²) >= 11 is 5.49. The van der Waals surface area contributed by atoms with Gasteiger partial charge in [-0.05, 0) is 50.5 Å². The molecule has 1 saturated carbocycles. The number of aromatic nitrogens is 2. The number of anilines is 1. The van der Waals surface area contributed by atoms with Crippen molar-refractivity contribution in [2.75, 3.05) is 11.9 Å². The Balaban J connectivity index is 1.68. The highest BCUT2D eigenvalue weighted by molar-refractivity contribution is 7.80. The van der Waals surface area contributed by atoms with Crippen molar-refractivity contribution in [1.29, 1.82) is 0 Å².